The van der Waals surface area contributed by atoms with Crippen LogP contribution in [0.15, 0.2) is 54.6 Å². The van der Waals surface area contributed by atoms with Gasteiger partial charge < -0.3 is 10.5 Å². The zero-order valence-electron chi connectivity index (χ0n) is 13.2. The zero-order valence-corrected chi connectivity index (χ0v) is 13.2. The molecule has 1 unspecified atom stereocenters. The Morgan fingerprint density at radius 2 is 1.67 bits per heavy atom. The van der Waals surface area contributed by atoms with E-state index in [2.05, 4.69) is 31.2 Å². The minimum absolute atomic E-state index is 0.162. The summed E-state index contributed by atoms with van der Waals surface area (Å²) in [6.07, 6.45) is 2.10. The van der Waals surface area contributed by atoms with Crippen LogP contribution in [0.3, 0.4) is 0 Å². The fraction of sp³-hybridized carbons (Fsp3) is 0.368. The second-order valence-electron chi connectivity index (χ2n) is 5.78. The van der Waals surface area contributed by atoms with E-state index in [1.165, 1.54) is 0 Å². The second-order valence-corrected chi connectivity index (χ2v) is 5.78. The van der Waals surface area contributed by atoms with Crippen molar-refractivity contribution in [2.24, 2.45) is 5.73 Å². The summed E-state index contributed by atoms with van der Waals surface area (Å²) in [5, 5.41) is 0. The van der Waals surface area contributed by atoms with Gasteiger partial charge in [-0.25, -0.2) is 0 Å². The van der Waals surface area contributed by atoms with Gasteiger partial charge >= 0.3 is 0 Å². The molecule has 2 aromatic carbocycles. The van der Waals surface area contributed by atoms with Gasteiger partial charge in [-0.1, -0.05) is 55.8 Å². The smallest absolute Gasteiger partial charge is 0.120 e. The molecule has 0 aliphatic carbocycles. The van der Waals surface area contributed by atoms with Crippen molar-refractivity contribution >= 4 is 0 Å². The van der Waals surface area contributed by atoms with Crippen LogP contribution in [0, 0.1) is 0 Å². The van der Waals surface area contributed by atoms with Crippen molar-refractivity contribution < 1.29 is 4.74 Å². The molecule has 0 aliphatic rings. The van der Waals surface area contributed by atoms with Crippen LogP contribution in [-0.4, -0.2) is 6.10 Å². The highest BCUT2D eigenvalue weighted by atomic mass is 16.5. The fourth-order valence-corrected chi connectivity index (χ4v) is 2.70. The van der Waals surface area contributed by atoms with E-state index in [4.69, 9.17) is 10.5 Å². The minimum atomic E-state index is -0.466. The molecule has 0 aliphatic heterocycles. The standard InChI is InChI=1S/C19H25NO/c1-4-13-19(20,16-9-6-5-7-10-16)17-11-8-12-18(14-17)21-15(2)3/h5-12,14-15H,4,13,20H2,1-3H3. The SMILES string of the molecule is CCCC(N)(c1ccccc1)c1cccc(OC(C)C)c1. The van der Waals surface area contributed by atoms with Crippen molar-refractivity contribution in [1.29, 1.82) is 0 Å². The molecule has 2 nitrogen and oxygen atoms in total. The predicted octanol–water partition coefficient (Wildman–Crippen LogP) is 4.48. The lowest BCUT2D eigenvalue weighted by Crippen LogP contribution is -2.37. The highest BCUT2D eigenvalue weighted by molar-refractivity contribution is 5.41. The Hall–Kier alpha value is -1.80. The highest BCUT2D eigenvalue weighted by Crippen LogP contribution is 2.33. The molecule has 2 aromatic rings. The molecule has 0 amide bonds. The van der Waals surface area contributed by atoms with E-state index in [0.717, 1.165) is 29.7 Å². The Morgan fingerprint density at radius 1 is 1.00 bits per heavy atom. The zero-order chi connectivity index (χ0) is 15.3. The van der Waals surface area contributed by atoms with Crippen molar-refractivity contribution in [3.05, 3.63) is 65.7 Å². The van der Waals surface area contributed by atoms with Crippen LogP contribution < -0.4 is 10.5 Å². The molecule has 1 atom stereocenters. The first-order chi connectivity index (χ1) is 10.1. The fourth-order valence-electron chi connectivity index (χ4n) is 2.70. The number of benzene rings is 2. The third-order valence-corrected chi connectivity index (χ3v) is 3.65. The minimum Gasteiger partial charge on any atom is -0.491 e. The summed E-state index contributed by atoms with van der Waals surface area (Å²) in [7, 11) is 0. The maximum atomic E-state index is 6.80. The molecular weight excluding hydrogens is 258 g/mol. The van der Waals surface area contributed by atoms with Crippen molar-refractivity contribution in [3.8, 4) is 5.75 Å². The first-order valence-corrected chi connectivity index (χ1v) is 7.68. The van der Waals surface area contributed by atoms with Gasteiger partial charge in [0, 0.05) is 0 Å². The molecule has 0 saturated heterocycles. The molecule has 0 bridgehead atoms. The summed E-state index contributed by atoms with van der Waals surface area (Å²) in [6.45, 7) is 6.23. The van der Waals surface area contributed by atoms with Gasteiger partial charge in [-0.3, -0.25) is 0 Å². The summed E-state index contributed by atoms with van der Waals surface area (Å²) in [6, 6.07) is 18.5. The van der Waals surface area contributed by atoms with E-state index in [-0.39, 0.29) is 6.10 Å². The van der Waals surface area contributed by atoms with Crippen LogP contribution in [0.5, 0.6) is 5.75 Å². The van der Waals surface area contributed by atoms with Gasteiger partial charge in [0.1, 0.15) is 5.75 Å². The van der Waals surface area contributed by atoms with E-state index in [0.29, 0.717) is 0 Å². The highest BCUT2D eigenvalue weighted by Gasteiger charge is 2.28. The number of nitrogens with two attached hydrogens (primary N) is 1. The summed E-state index contributed by atoms with van der Waals surface area (Å²) in [5.74, 6) is 0.879. The summed E-state index contributed by atoms with van der Waals surface area (Å²) in [4.78, 5) is 0. The van der Waals surface area contributed by atoms with Gasteiger partial charge in [0.05, 0.1) is 11.6 Å². The summed E-state index contributed by atoms with van der Waals surface area (Å²) >= 11 is 0. The topological polar surface area (TPSA) is 35.2 Å². The van der Waals surface area contributed by atoms with Gasteiger partial charge in [0.2, 0.25) is 0 Å². The van der Waals surface area contributed by atoms with Crippen molar-refractivity contribution in [3.63, 3.8) is 0 Å². The average molecular weight is 283 g/mol. The van der Waals surface area contributed by atoms with Gasteiger partial charge in [0.15, 0.2) is 0 Å². The first-order valence-electron chi connectivity index (χ1n) is 7.68. The molecule has 2 N–H and O–H groups in total. The van der Waals surface area contributed by atoms with Crippen LogP contribution in [0.25, 0.3) is 0 Å². The maximum absolute atomic E-state index is 6.80. The molecular formula is C19H25NO. The summed E-state index contributed by atoms with van der Waals surface area (Å²) in [5.41, 5.74) is 8.58. The first kappa shape index (κ1) is 15.6. The van der Waals surface area contributed by atoms with E-state index in [1.54, 1.807) is 0 Å². The van der Waals surface area contributed by atoms with Crippen LogP contribution in [0.4, 0.5) is 0 Å². The third kappa shape index (κ3) is 3.64. The van der Waals surface area contributed by atoms with Crippen LogP contribution in [0.1, 0.15) is 44.7 Å². The number of ether oxygens (including phenoxy) is 1. The molecule has 2 rings (SSSR count). The lowest BCUT2D eigenvalue weighted by molar-refractivity contribution is 0.242. The second kappa shape index (κ2) is 6.77. The molecule has 0 saturated carbocycles. The normalized spacial score (nSPS) is 14.0. The van der Waals surface area contributed by atoms with Gasteiger partial charge in [-0.05, 0) is 43.5 Å². The Kier molecular flexibility index (Phi) is 5.03. The van der Waals surface area contributed by atoms with Crippen LogP contribution in [0.2, 0.25) is 0 Å². The largest absolute Gasteiger partial charge is 0.491 e. The van der Waals surface area contributed by atoms with E-state index in [1.807, 2.05) is 44.2 Å². The maximum Gasteiger partial charge on any atom is 0.120 e. The molecule has 0 spiro atoms. The Balaban J connectivity index is 2.43. The Bertz CT molecular complexity index is 565. The molecule has 112 valence electrons. The van der Waals surface area contributed by atoms with Crippen molar-refractivity contribution in [1.82, 2.24) is 0 Å². The van der Waals surface area contributed by atoms with Gasteiger partial charge in [0.25, 0.3) is 0 Å². The van der Waals surface area contributed by atoms with E-state index >= 15 is 0 Å². The Morgan fingerprint density at radius 3 is 2.29 bits per heavy atom. The van der Waals surface area contributed by atoms with Crippen molar-refractivity contribution in [2.45, 2.75) is 45.3 Å². The average Bonchev–Trinajstić information content (AvgIpc) is 2.48. The molecule has 0 radical (unpaired) electrons. The summed E-state index contributed by atoms with van der Waals surface area (Å²) < 4.78 is 5.81. The molecule has 0 aromatic heterocycles. The predicted molar refractivity (Wildman–Crippen MR) is 88.5 cm³/mol. The lowest BCUT2D eigenvalue weighted by Gasteiger charge is -2.31. The quantitative estimate of drug-likeness (QED) is 0.848. The molecule has 2 heteroatoms. The number of rotatable bonds is 6. The van der Waals surface area contributed by atoms with Gasteiger partial charge in [-0.15, -0.1) is 0 Å². The lowest BCUT2D eigenvalue weighted by atomic mass is 9.80. The monoisotopic (exact) mass is 283 g/mol. The van der Waals surface area contributed by atoms with E-state index < -0.39 is 5.54 Å². The van der Waals surface area contributed by atoms with Gasteiger partial charge in [-0.2, -0.15) is 0 Å². The molecule has 0 heterocycles. The van der Waals surface area contributed by atoms with E-state index in [9.17, 15) is 0 Å². The third-order valence-electron chi connectivity index (χ3n) is 3.65. The Labute approximate surface area is 127 Å². The number of hydrogen-bond acceptors (Lipinski definition) is 2. The van der Waals surface area contributed by atoms with Crippen LogP contribution >= 0.6 is 0 Å². The molecule has 21 heavy (non-hydrogen) atoms. The number of hydrogen-bond donors (Lipinski definition) is 1. The van der Waals surface area contributed by atoms with Crippen molar-refractivity contribution in [2.75, 3.05) is 0 Å². The van der Waals surface area contributed by atoms with Crippen LogP contribution in [-0.2, 0) is 5.54 Å². The molecule has 0 fully saturated rings.